The summed E-state index contributed by atoms with van der Waals surface area (Å²) in [6, 6.07) is 13.5. The summed E-state index contributed by atoms with van der Waals surface area (Å²) >= 11 is 8.26. The summed E-state index contributed by atoms with van der Waals surface area (Å²) in [4.78, 5) is 46.0. The maximum Gasteiger partial charge on any atom is 0.310 e. The van der Waals surface area contributed by atoms with E-state index in [-0.39, 0.29) is 42.7 Å². The molecular formula is C32H37ClN2O5S. The van der Waals surface area contributed by atoms with Crippen LogP contribution >= 0.6 is 23.4 Å². The third-order valence-corrected chi connectivity index (χ3v) is 11.3. The normalized spacial score (nSPS) is 28.9. The van der Waals surface area contributed by atoms with Crippen molar-refractivity contribution in [2.45, 2.75) is 55.7 Å². The summed E-state index contributed by atoms with van der Waals surface area (Å²) in [5.41, 5.74) is 2.33. The van der Waals surface area contributed by atoms with E-state index < -0.39 is 34.6 Å². The summed E-state index contributed by atoms with van der Waals surface area (Å²) in [5, 5.41) is 11.0. The molecule has 9 heteroatoms. The molecule has 0 saturated carbocycles. The van der Waals surface area contributed by atoms with Gasteiger partial charge < -0.3 is 19.6 Å². The Morgan fingerprint density at radius 3 is 2.63 bits per heavy atom. The van der Waals surface area contributed by atoms with Gasteiger partial charge in [0, 0.05) is 11.8 Å². The highest BCUT2D eigenvalue weighted by atomic mass is 35.5. The summed E-state index contributed by atoms with van der Waals surface area (Å²) < 4.78 is 4.62. The molecule has 2 bridgehead atoms. The number of carbonyl (C=O) groups is 3. The number of fused-ring (bicyclic) bond motifs is 1. The molecule has 2 aromatic carbocycles. The van der Waals surface area contributed by atoms with Gasteiger partial charge in [-0.05, 0) is 49.8 Å². The van der Waals surface area contributed by atoms with Crippen LogP contribution in [0.1, 0.15) is 31.4 Å². The lowest BCUT2D eigenvalue weighted by Gasteiger charge is -2.42. The predicted octanol–water partition coefficient (Wildman–Crippen LogP) is 4.67. The number of thioether (sulfide) groups is 1. The van der Waals surface area contributed by atoms with E-state index >= 15 is 0 Å². The number of carbonyl (C=O) groups excluding carboxylic acids is 3. The first-order valence-corrected chi connectivity index (χ1v) is 15.5. The maximum atomic E-state index is 15.0. The quantitative estimate of drug-likeness (QED) is 0.317. The molecule has 3 unspecified atom stereocenters. The van der Waals surface area contributed by atoms with Crippen molar-refractivity contribution < 1.29 is 24.2 Å². The fraction of sp³-hybridized carbons (Fsp3) is 0.469. The van der Waals surface area contributed by atoms with Gasteiger partial charge in [-0.15, -0.1) is 18.3 Å². The highest BCUT2D eigenvalue weighted by Crippen LogP contribution is 2.69. The molecule has 41 heavy (non-hydrogen) atoms. The van der Waals surface area contributed by atoms with Gasteiger partial charge in [0.05, 0.1) is 46.5 Å². The van der Waals surface area contributed by atoms with E-state index in [0.717, 1.165) is 11.1 Å². The molecule has 3 heterocycles. The van der Waals surface area contributed by atoms with Crippen LogP contribution in [0.5, 0.6) is 0 Å². The standard InChI is InChI=1S/C32H37ClN2O5S/c1-5-15-34(27-19(3)11-10-14-23(27)33)30(38)28-32-20(4)16-24(41-32)25(31(39)40-6-2)26(32)29(37)35(28)22(18-36)17-21-12-8-7-9-13-21/h5,7-14,20,22,24-26,28,36H,1,6,15-18H2,2-4H3/t20?,22-,24+,25-,26+,28?,32?/m1/s1. The van der Waals surface area contributed by atoms with Gasteiger partial charge in [0.1, 0.15) is 6.04 Å². The topological polar surface area (TPSA) is 87.2 Å². The summed E-state index contributed by atoms with van der Waals surface area (Å²) in [5.74, 6) is -2.34. The molecule has 3 saturated heterocycles. The van der Waals surface area contributed by atoms with Crippen LogP contribution in [-0.4, -0.2) is 69.6 Å². The molecular weight excluding hydrogens is 560 g/mol. The molecule has 7 nitrogen and oxygen atoms in total. The molecule has 2 amide bonds. The van der Waals surface area contributed by atoms with Crippen LogP contribution in [0.4, 0.5) is 5.69 Å². The van der Waals surface area contributed by atoms with Crippen molar-refractivity contribution in [3.63, 3.8) is 0 Å². The lowest BCUT2D eigenvalue weighted by Crippen LogP contribution is -2.59. The molecule has 5 rings (SSSR count). The number of hydrogen-bond donors (Lipinski definition) is 1. The predicted molar refractivity (Wildman–Crippen MR) is 162 cm³/mol. The van der Waals surface area contributed by atoms with Crippen LogP contribution in [0.15, 0.2) is 61.2 Å². The number of aliphatic hydroxyl groups excluding tert-OH is 1. The average molecular weight is 597 g/mol. The van der Waals surface area contributed by atoms with Gasteiger partial charge in [-0.25, -0.2) is 0 Å². The van der Waals surface area contributed by atoms with Gasteiger partial charge in [-0.1, -0.05) is 67.1 Å². The molecule has 1 N–H and O–H groups in total. The van der Waals surface area contributed by atoms with E-state index in [4.69, 9.17) is 16.3 Å². The molecule has 1 spiro atoms. The molecule has 0 aliphatic carbocycles. The molecule has 7 atom stereocenters. The summed E-state index contributed by atoms with van der Waals surface area (Å²) in [6.45, 7) is 9.69. The fourth-order valence-corrected chi connectivity index (χ4v) is 10.0. The minimum absolute atomic E-state index is 0.0231. The number of hydrogen-bond acceptors (Lipinski definition) is 6. The van der Waals surface area contributed by atoms with Crippen molar-refractivity contribution in [1.82, 2.24) is 4.90 Å². The van der Waals surface area contributed by atoms with E-state index in [1.807, 2.05) is 49.4 Å². The number of esters is 1. The van der Waals surface area contributed by atoms with Gasteiger partial charge >= 0.3 is 5.97 Å². The van der Waals surface area contributed by atoms with Crippen LogP contribution in [-0.2, 0) is 25.5 Å². The number of nitrogens with zero attached hydrogens (tertiary/aromatic N) is 2. The maximum absolute atomic E-state index is 15.0. The first-order chi connectivity index (χ1) is 19.7. The zero-order valence-electron chi connectivity index (χ0n) is 23.7. The van der Waals surface area contributed by atoms with E-state index in [1.165, 1.54) is 0 Å². The van der Waals surface area contributed by atoms with Crippen LogP contribution in [0.2, 0.25) is 5.02 Å². The fourth-order valence-electron chi connectivity index (χ4n) is 7.31. The van der Waals surface area contributed by atoms with Crippen molar-refractivity contribution in [2.24, 2.45) is 17.8 Å². The Hall–Kier alpha value is -2.81. The highest BCUT2D eigenvalue weighted by Gasteiger charge is 2.77. The smallest absolute Gasteiger partial charge is 0.310 e. The van der Waals surface area contributed by atoms with Crippen LogP contribution in [0.3, 0.4) is 0 Å². The highest BCUT2D eigenvalue weighted by molar-refractivity contribution is 8.02. The van der Waals surface area contributed by atoms with Gasteiger partial charge in [0.25, 0.3) is 5.91 Å². The second-order valence-electron chi connectivity index (χ2n) is 11.2. The van der Waals surface area contributed by atoms with Crippen LogP contribution < -0.4 is 4.90 Å². The monoisotopic (exact) mass is 596 g/mol. The zero-order valence-corrected chi connectivity index (χ0v) is 25.2. The molecule has 2 aromatic rings. The number of rotatable bonds is 10. The molecule has 0 radical (unpaired) electrons. The first-order valence-electron chi connectivity index (χ1n) is 14.2. The average Bonchev–Trinajstić information content (AvgIpc) is 3.55. The van der Waals surface area contributed by atoms with Gasteiger partial charge in [0.2, 0.25) is 5.91 Å². The number of ether oxygens (including phenoxy) is 1. The Morgan fingerprint density at radius 2 is 2.00 bits per heavy atom. The number of aliphatic hydroxyl groups is 1. The van der Waals surface area contributed by atoms with E-state index in [1.54, 1.807) is 40.6 Å². The van der Waals surface area contributed by atoms with Crippen molar-refractivity contribution in [3.8, 4) is 0 Å². The van der Waals surface area contributed by atoms with E-state index in [9.17, 15) is 19.5 Å². The third-order valence-electron chi connectivity index (χ3n) is 8.93. The largest absolute Gasteiger partial charge is 0.466 e. The van der Waals surface area contributed by atoms with Gasteiger partial charge in [0.15, 0.2) is 0 Å². The molecule has 3 aliphatic heterocycles. The van der Waals surface area contributed by atoms with Crippen molar-refractivity contribution in [3.05, 3.63) is 77.3 Å². The molecule has 3 aliphatic rings. The van der Waals surface area contributed by atoms with Gasteiger partial charge in [-0.3, -0.25) is 14.4 Å². The number of halogens is 1. The van der Waals surface area contributed by atoms with Crippen molar-refractivity contribution >= 4 is 46.8 Å². The molecule has 218 valence electrons. The van der Waals surface area contributed by atoms with Crippen molar-refractivity contribution in [2.75, 3.05) is 24.7 Å². The Kier molecular flexibility index (Phi) is 8.56. The lowest BCUT2D eigenvalue weighted by atomic mass is 9.66. The minimum atomic E-state index is -0.916. The Balaban J connectivity index is 1.66. The molecule has 0 aromatic heterocycles. The first kappa shape index (κ1) is 29.7. The summed E-state index contributed by atoms with van der Waals surface area (Å²) in [6.07, 6.45) is 2.72. The summed E-state index contributed by atoms with van der Waals surface area (Å²) in [7, 11) is 0. The van der Waals surface area contributed by atoms with E-state index in [0.29, 0.717) is 23.6 Å². The van der Waals surface area contributed by atoms with Crippen molar-refractivity contribution in [1.29, 1.82) is 0 Å². The Morgan fingerprint density at radius 1 is 1.27 bits per heavy atom. The Bertz CT molecular complexity index is 1320. The molecule has 3 fully saturated rings. The second kappa shape index (κ2) is 11.8. The van der Waals surface area contributed by atoms with Crippen LogP contribution in [0, 0.1) is 24.7 Å². The lowest BCUT2D eigenvalue weighted by molar-refractivity contribution is -0.154. The second-order valence-corrected chi connectivity index (χ2v) is 13.2. The minimum Gasteiger partial charge on any atom is -0.466 e. The van der Waals surface area contributed by atoms with Gasteiger partial charge in [-0.2, -0.15) is 0 Å². The SMILES string of the molecule is C=CCN(C(=O)C1N([C@@H](CO)Cc2ccccc2)C(=O)[C@@H]2[C@H](C(=O)OCC)[C@@H]3CC(C)C12S3)c1c(C)cccc1Cl. The van der Waals surface area contributed by atoms with E-state index in [2.05, 4.69) is 13.5 Å². The number of anilines is 1. The number of amides is 2. The number of aryl methyl sites for hydroxylation is 1. The van der Waals surface area contributed by atoms with Crippen LogP contribution in [0.25, 0.3) is 0 Å². The number of para-hydroxylation sites is 1. The number of benzene rings is 2. The zero-order chi connectivity index (χ0) is 29.5. The Labute approximate surface area is 250 Å². The number of likely N-dealkylation sites (tertiary alicyclic amines) is 1. The third kappa shape index (κ3) is 4.78.